The van der Waals surface area contributed by atoms with Gasteiger partial charge in [-0.15, -0.1) is 0 Å². The molecule has 0 aliphatic carbocycles. The van der Waals surface area contributed by atoms with Crippen LogP contribution in [-0.2, 0) is 6.54 Å². The van der Waals surface area contributed by atoms with Gasteiger partial charge in [-0.3, -0.25) is 4.79 Å². The molecule has 1 saturated heterocycles. The van der Waals surface area contributed by atoms with E-state index in [9.17, 15) is 4.79 Å². The lowest BCUT2D eigenvalue weighted by Gasteiger charge is -2.26. The van der Waals surface area contributed by atoms with Crippen molar-refractivity contribution in [2.75, 3.05) is 26.2 Å². The first-order chi connectivity index (χ1) is 13.7. The summed E-state index contributed by atoms with van der Waals surface area (Å²) in [6, 6.07) is 13.8. The summed E-state index contributed by atoms with van der Waals surface area (Å²) < 4.78 is 1.80. The Labute approximate surface area is 165 Å². The second-order valence-electron chi connectivity index (χ2n) is 7.43. The Balaban J connectivity index is 1.37. The summed E-state index contributed by atoms with van der Waals surface area (Å²) in [7, 11) is 0. The van der Waals surface area contributed by atoms with Gasteiger partial charge in [0.2, 0.25) is 0 Å². The minimum atomic E-state index is -0.457. The normalized spacial score (nSPS) is 15.1. The Kier molecular flexibility index (Phi) is 5.69. The van der Waals surface area contributed by atoms with E-state index >= 15 is 0 Å². The molecular formula is C22H27N5O. The second kappa shape index (κ2) is 8.54. The topological polar surface area (TPSA) is 76.2 Å². The van der Waals surface area contributed by atoms with Gasteiger partial charge >= 0.3 is 0 Å². The average Bonchev–Trinajstić information content (AvgIpc) is 3.16. The minimum Gasteiger partial charge on any atom is -0.366 e. The highest BCUT2D eigenvalue weighted by Gasteiger charge is 2.11. The van der Waals surface area contributed by atoms with Crippen LogP contribution in [0.25, 0.3) is 16.6 Å². The first kappa shape index (κ1) is 18.7. The van der Waals surface area contributed by atoms with E-state index in [1.807, 2.05) is 18.3 Å². The molecule has 1 aliphatic heterocycles. The second-order valence-corrected chi connectivity index (χ2v) is 7.43. The number of hydrogen-bond donors (Lipinski definition) is 2. The van der Waals surface area contributed by atoms with E-state index in [1.54, 1.807) is 10.7 Å². The van der Waals surface area contributed by atoms with E-state index in [0.717, 1.165) is 30.7 Å². The van der Waals surface area contributed by atoms with Crippen molar-refractivity contribution in [1.29, 1.82) is 0 Å². The largest absolute Gasteiger partial charge is 0.366 e. The van der Waals surface area contributed by atoms with Gasteiger partial charge in [0.05, 0.1) is 11.3 Å². The van der Waals surface area contributed by atoms with Crippen LogP contribution in [0, 0.1) is 0 Å². The molecule has 2 heterocycles. The maximum Gasteiger partial charge on any atom is 0.250 e. The highest BCUT2D eigenvalue weighted by molar-refractivity contribution is 6.04. The maximum atomic E-state index is 11.6. The van der Waals surface area contributed by atoms with Crippen LogP contribution in [0.4, 0.5) is 0 Å². The smallest absolute Gasteiger partial charge is 0.250 e. The number of carbonyl (C=O) groups excluding carboxylic acids is 1. The SMILES string of the molecule is NC(=O)c1cccc2cn(-c3ccc(CNCCN4CCCCC4)cc3)nc12. The van der Waals surface area contributed by atoms with Gasteiger partial charge in [0.1, 0.15) is 5.52 Å². The highest BCUT2D eigenvalue weighted by Crippen LogP contribution is 2.19. The number of rotatable bonds is 7. The summed E-state index contributed by atoms with van der Waals surface area (Å²) in [6.45, 7) is 5.49. The molecule has 1 amide bonds. The number of carbonyl (C=O) groups is 1. The van der Waals surface area contributed by atoms with Crippen molar-refractivity contribution >= 4 is 16.8 Å². The van der Waals surface area contributed by atoms with Crippen LogP contribution in [0.2, 0.25) is 0 Å². The minimum absolute atomic E-state index is 0.450. The summed E-state index contributed by atoms with van der Waals surface area (Å²) in [5, 5.41) is 8.99. The number of piperidine rings is 1. The number of nitrogens with zero attached hydrogens (tertiary/aromatic N) is 3. The number of nitrogens with one attached hydrogen (secondary N) is 1. The van der Waals surface area contributed by atoms with Gasteiger partial charge in [-0.25, -0.2) is 4.68 Å². The van der Waals surface area contributed by atoms with Crippen LogP contribution >= 0.6 is 0 Å². The lowest BCUT2D eigenvalue weighted by molar-refractivity contribution is 0.100. The van der Waals surface area contributed by atoms with Crippen LogP contribution < -0.4 is 11.1 Å². The van der Waals surface area contributed by atoms with Crippen molar-refractivity contribution in [1.82, 2.24) is 20.0 Å². The standard InChI is InChI=1S/C22H27N5O/c23-22(28)20-6-4-5-18-16-27(25-21(18)20)19-9-7-17(8-10-19)15-24-11-14-26-12-2-1-3-13-26/h4-10,16,24H,1-3,11-15H2,(H2,23,28). The van der Waals surface area contributed by atoms with E-state index in [4.69, 9.17) is 5.73 Å². The van der Waals surface area contributed by atoms with Gasteiger partial charge in [0, 0.05) is 31.2 Å². The maximum absolute atomic E-state index is 11.6. The van der Waals surface area contributed by atoms with Crippen LogP contribution in [-0.4, -0.2) is 46.8 Å². The highest BCUT2D eigenvalue weighted by atomic mass is 16.1. The lowest BCUT2D eigenvalue weighted by atomic mass is 10.1. The molecule has 1 aliphatic rings. The predicted molar refractivity (Wildman–Crippen MR) is 112 cm³/mol. The van der Waals surface area contributed by atoms with Gasteiger partial charge in [0.15, 0.2) is 0 Å². The summed E-state index contributed by atoms with van der Waals surface area (Å²) in [5.41, 5.74) is 8.75. The quantitative estimate of drug-likeness (QED) is 0.621. The van der Waals surface area contributed by atoms with E-state index in [0.29, 0.717) is 11.1 Å². The Hall–Kier alpha value is -2.70. The molecule has 0 bridgehead atoms. The Morgan fingerprint density at radius 3 is 2.61 bits per heavy atom. The number of primary amides is 1. The number of aromatic nitrogens is 2. The summed E-state index contributed by atoms with van der Waals surface area (Å²) in [4.78, 5) is 14.1. The van der Waals surface area contributed by atoms with Crippen LogP contribution in [0.1, 0.15) is 35.2 Å². The summed E-state index contributed by atoms with van der Waals surface area (Å²) >= 11 is 0. The zero-order valence-corrected chi connectivity index (χ0v) is 16.1. The third-order valence-corrected chi connectivity index (χ3v) is 5.39. The van der Waals surface area contributed by atoms with Crippen LogP contribution in [0.3, 0.4) is 0 Å². The molecule has 28 heavy (non-hydrogen) atoms. The molecule has 6 nitrogen and oxygen atoms in total. The number of amides is 1. The Morgan fingerprint density at radius 2 is 1.86 bits per heavy atom. The molecule has 1 aromatic heterocycles. The molecule has 0 radical (unpaired) electrons. The molecule has 0 unspecified atom stereocenters. The van der Waals surface area contributed by atoms with Gasteiger partial charge < -0.3 is 16.0 Å². The molecule has 2 aromatic carbocycles. The zero-order valence-electron chi connectivity index (χ0n) is 16.1. The fraction of sp³-hybridized carbons (Fsp3) is 0.364. The van der Waals surface area contributed by atoms with Crippen molar-refractivity contribution in [3.05, 3.63) is 59.8 Å². The molecule has 4 rings (SSSR count). The van der Waals surface area contributed by atoms with Crippen molar-refractivity contribution in [3.8, 4) is 5.69 Å². The van der Waals surface area contributed by atoms with Crippen molar-refractivity contribution in [3.63, 3.8) is 0 Å². The van der Waals surface area contributed by atoms with Crippen molar-refractivity contribution in [2.24, 2.45) is 5.73 Å². The molecule has 0 atom stereocenters. The van der Waals surface area contributed by atoms with Gasteiger partial charge in [-0.2, -0.15) is 5.10 Å². The Bertz CT molecular complexity index is 941. The van der Waals surface area contributed by atoms with E-state index in [2.05, 4.69) is 39.6 Å². The van der Waals surface area contributed by atoms with Crippen molar-refractivity contribution < 1.29 is 4.79 Å². The number of hydrogen-bond acceptors (Lipinski definition) is 4. The average molecular weight is 377 g/mol. The fourth-order valence-corrected chi connectivity index (χ4v) is 3.80. The molecule has 3 N–H and O–H groups in total. The molecule has 3 aromatic rings. The first-order valence-electron chi connectivity index (χ1n) is 10.0. The van der Waals surface area contributed by atoms with Crippen LogP contribution in [0.5, 0.6) is 0 Å². The molecule has 0 saturated carbocycles. The lowest BCUT2D eigenvalue weighted by Crippen LogP contribution is -2.35. The first-order valence-corrected chi connectivity index (χ1v) is 10.0. The fourth-order valence-electron chi connectivity index (χ4n) is 3.80. The van der Waals surface area contributed by atoms with Gasteiger partial charge in [0.25, 0.3) is 5.91 Å². The number of nitrogens with two attached hydrogens (primary N) is 1. The van der Waals surface area contributed by atoms with E-state index < -0.39 is 5.91 Å². The molecule has 6 heteroatoms. The van der Waals surface area contributed by atoms with Crippen LogP contribution in [0.15, 0.2) is 48.7 Å². The van der Waals surface area contributed by atoms with Gasteiger partial charge in [-0.05, 0) is 49.7 Å². The predicted octanol–water partition coefficient (Wildman–Crippen LogP) is 2.70. The van der Waals surface area contributed by atoms with Gasteiger partial charge in [-0.1, -0.05) is 30.7 Å². The Morgan fingerprint density at radius 1 is 1.07 bits per heavy atom. The molecule has 1 fully saturated rings. The molecule has 0 spiro atoms. The molecular weight excluding hydrogens is 350 g/mol. The van der Waals surface area contributed by atoms with E-state index in [-0.39, 0.29) is 0 Å². The third-order valence-electron chi connectivity index (χ3n) is 5.39. The third kappa shape index (κ3) is 4.24. The summed E-state index contributed by atoms with van der Waals surface area (Å²) in [5.74, 6) is -0.457. The monoisotopic (exact) mass is 377 g/mol. The number of likely N-dealkylation sites (tertiary alicyclic amines) is 1. The number of fused-ring (bicyclic) bond motifs is 1. The summed E-state index contributed by atoms with van der Waals surface area (Å²) in [6.07, 6.45) is 5.98. The van der Waals surface area contributed by atoms with E-state index in [1.165, 1.54) is 37.9 Å². The van der Waals surface area contributed by atoms with Crippen molar-refractivity contribution in [2.45, 2.75) is 25.8 Å². The number of benzene rings is 2. The zero-order chi connectivity index (χ0) is 19.3. The molecule has 146 valence electrons.